The minimum Gasteiger partial charge on any atom is -0.384 e. The van der Waals surface area contributed by atoms with Crippen LogP contribution < -0.4 is 10.6 Å². The van der Waals surface area contributed by atoms with E-state index in [1.807, 2.05) is 18.2 Å². The number of amidine groups is 1. The van der Waals surface area contributed by atoms with Gasteiger partial charge in [-0.25, -0.2) is 0 Å². The number of nitrogens with two attached hydrogens (primary N) is 1. The Bertz CT molecular complexity index is 473. The molecule has 1 aliphatic rings. The second-order valence-corrected chi connectivity index (χ2v) is 5.69. The van der Waals surface area contributed by atoms with Gasteiger partial charge in [-0.15, -0.1) is 0 Å². The number of piperidine rings is 1. The van der Waals surface area contributed by atoms with E-state index < -0.39 is 0 Å². The molecular formula is C14H21ClN4. The quantitative estimate of drug-likeness (QED) is 0.659. The number of anilines is 1. The summed E-state index contributed by atoms with van der Waals surface area (Å²) in [6, 6.07) is 6.33. The number of hydrogen-bond donors (Lipinski definition) is 2. The molecule has 1 atom stereocenters. The average molecular weight is 281 g/mol. The molecule has 2 rings (SSSR count). The van der Waals surface area contributed by atoms with Crippen molar-refractivity contribution >= 4 is 23.1 Å². The van der Waals surface area contributed by atoms with Crippen LogP contribution in [-0.2, 0) is 0 Å². The Balaban J connectivity index is 2.18. The van der Waals surface area contributed by atoms with Crippen molar-refractivity contribution in [3.8, 4) is 0 Å². The number of rotatable bonds is 3. The number of nitrogens with one attached hydrogen (secondary N) is 1. The zero-order valence-corrected chi connectivity index (χ0v) is 12.2. The lowest BCUT2D eigenvalue weighted by atomic mass is 10.0. The van der Waals surface area contributed by atoms with Crippen molar-refractivity contribution in [3.05, 3.63) is 28.8 Å². The average Bonchev–Trinajstić information content (AvgIpc) is 2.38. The van der Waals surface area contributed by atoms with E-state index in [1.165, 1.54) is 12.8 Å². The lowest BCUT2D eigenvalue weighted by Crippen LogP contribution is -2.45. The first-order valence-electron chi connectivity index (χ1n) is 6.54. The van der Waals surface area contributed by atoms with Crippen LogP contribution in [-0.4, -0.2) is 44.0 Å². The van der Waals surface area contributed by atoms with Crippen molar-refractivity contribution in [2.75, 3.05) is 32.1 Å². The van der Waals surface area contributed by atoms with Gasteiger partial charge in [0.1, 0.15) is 5.84 Å². The van der Waals surface area contributed by atoms with Crippen molar-refractivity contribution in [1.29, 1.82) is 5.41 Å². The zero-order chi connectivity index (χ0) is 14.0. The monoisotopic (exact) mass is 280 g/mol. The fourth-order valence-corrected chi connectivity index (χ4v) is 2.81. The molecule has 1 aliphatic heterocycles. The predicted molar refractivity (Wildman–Crippen MR) is 81.4 cm³/mol. The molecule has 0 aliphatic carbocycles. The highest BCUT2D eigenvalue weighted by Gasteiger charge is 2.22. The van der Waals surface area contributed by atoms with E-state index in [4.69, 9.17) is 22.7 Å². The van der Waals surface area contributed by atoms with Gasteiger partial charge in [-0.2, -0.15) is 0 Å². The Morgan fingerprint density at radius 1 is 1.47 bits per heavy atom. The maximum Gasteiger partial charge on any atom is 0.124 e. The summed E-state index contributed by atoms with van der Waals surface area (Å²) >= 11 is 6.18. The van der Waals surface area contributed by atoms with Crippen LogP contribution in [0, 0.1) is 5.41 Å². The van der Waals surface area contributed by atoms with Crippen LogP contribution in [0.5, 0.6) is 0 Å². The molecule has 3 N–H and O–H groups in total. The summed E-state index contributed by atoms with van der Waals surface area (Å²) in [5.41, 5.74) is 7.20. The number of hydrogen-bond acceptors (Lipinski definition) is 3. The molecule has 1 aromatic rings. The Morgan fingerprint density at radius 3 is 2.79 bits per heavy atom. The molecule has 1 saturated heterocycles. The highest BCUT2D eigenvalue weighted by atomic mass is 35.5. The van der Waals surface area contributed by atoms with Crippen LogP contribution in [0.4, 0.5) is 5.69 Å². The summed E-state index contributed by atoms with van der Waals surface area (Å²) in [5.74, 6) is 0.0152. The minimum absolute atomic E-state index is 0.0152. The fraction of sp³-hybridized carbons (Fsp3) is 0.500. The van der Waals surface area contributed by atoms with E-state index in [0.29, 0.717) is 16.6 Å². The van der Waals surface area contributed by atoms with Crippen molar-refractivity contribution in [2.24, 2.45) is 5.73 Å². The van der Waals surface area contributed by atoms with Gasteiger partial charge in [0, 0.05) is 30.4 Å². The number of likely N-dealkylation sites (N-methyl/N-ethyl adjacent to an activating group) is 1. The maximum absolute atomic E-state index is 7.45. The molecule has 1 fully saturated rings. The van der Waals surface area contributed by atoms with Crippen molar-refractivity contribution in [2.45, 2.75) is 18.9 Å². The first-order valence-corrected chi connectivity index (χ1v) is 6.92. The Kier molecular flexibility index (Phi) is 4.32. The molecule has 0 radical (unpaired) electrons. The molecule has 1 aromatic carbocycles. The van der Waals surface area contributed by atoms with Crippen molar-refractivity contribution in [3.63, 3.8) is 0 Å². The molecule has 5 heteroatoms. The summed E-state index contributed by atoms with van der Waals surface area (Å²) in [4.78, 5) is 4.63. The molecule has 4 nitrogen and oxygen atoms in total. The number of halogens is 1. The third-order valence-corrected chi connectivity index (χ3v) is 4.05. The number of nitrogen functional groups attached to an aromatic ring is 1. The Morgan fingerprint density at radius 2 is 2.21 bits per heavy atom. The summed E-state index contributed by atoms with van der Waals surface area (Å²) in [7, 11) is 4.25. The second kappa shape index (κ2) is 5.80. The molecule has 0 bridgehead atoms. The molecule has 0 saturated carbocycles. The van der Waals surface area contributed by atoms with Gasteiger partial charge in [0.25, 0.3) is 0 Å². The van der Waals surface area contributed by atoms with Crippen LogP contribution in [0.2, 0.25) is 5.02 Å². The molecule has 19 heavy (non-hydrogen) atoms. The largest absolute Gasteiger partial charge is 0.384 e. The fourth-order valence-electron chi connectivity index (χ4n) is 2.53. The lowest BCUT2D eigenvalue weighted by molar-refractivity contribution is 0.258. The third-order valence-electron chi connectivity index (χ3n) is 3.73. The molecule has 0 spiro atoms. The van der Waals surface area contributed by atoms with Gasteiger partial charge < -0.3 is 15.5 Å². The highest BCUT2D eigenvalue weighted by molar-refractivity contribution is 6.34. The topological polar surface area (TPSA) is 56.4 Å². The summed E-state index contributed by atoms with van der Waals surface area (Å²) in [6.07, 6.45) is 2.43. The highest BCUT2D eigenvalue weighted by Crippen LogP contribution is 2.26. The zero-order valence-electron chi connectivity index (χ0n) is 11.5. The van der Waals surface area contributed by atoms with Gasteiger partial charge in [-0.3, -0.25) is 5.41 Å². The smallest absolute Gasteiger partial charge is 0.124 e. The standard InChI is InChI=1S/C14H21ClN4/c1-18(2)11-4-3-7-19(9-11)10-5-6-12(14(16)17)13(15)8-10/h5-6,8,11H,3-4,7,9H2,1-2H3,(H3,16,17). The summed E-state index contributed by atoms with van der Waals surface area (Å²) in [5, 5.41) is 8.01. The van der Waals surface area contributed by atoms with E-state index in [0.717, 1.165) is 18.8 Å². The van der Waals surface area contributed by atoms with E-state index in [-0.39, 0.29) is 5.84 Å². The third kappa shape index (κ3) is 3.19. The predicted octanol–water partition coefficient (Wildman–Crippen LogP) is 2.15. The Labute approximate surface area is 119 Å². The van der Waals surface area contributed by atoms with Crippen LogP contribution in [0.15, 0.2) is 18.2 Å². The van der Waals surface area contributed by atoms with Gasteiger partial charge in [-0.05, 0) is 45.1 Å². The number of nitrogens with zero attached hydrogens (tertiary/aromatic N) is 2. The first-order chi connectivity index (χ1) is 8.99. The van der Waals surface area contributed by atoms with Crippen LogP contribution >= 0.6 is 11.6 Å². The van der Waals surface area contributed by atoms with E-state index >= 15 is 0 Å². The second-order valence-electron chi connectivity index (χ2n) is 5.28. The van der Waals surface area contributed by atoms with Crippen LogP contribution in [0.1, 0.15) is 18.4 Å². The maximum atomic E-state index is 7.45. The Hall–Kier alpha value is -1.26. The van der Waals surface area contributed by atoms with Crippen molar-refractivity contribution < 1.29 is 0 Å². The van der Waals surface area contributed by atoms with Crippen LogP contribution in [0.25, 0.3) is 0 Å². The number of benzene rings is 1. The van der Waals surface area contributed by atoms with Gasteiger partial charge in [0.05, 0.1) is 5.02 Å². The first kappa shape index (κ1) is 14.2. The molecule has 1 heterocycles. The summed E-state index contributed by atoms with van der Waals surface area (Å²) < 4.78 is 0. The lowest BCUT2D eigenvalue weighted by Gasteiger charge is -2.37. The van der Waals surface area contributed by atoms with Gasteiger partial charge >= 0.3 is 0 Å². The van der Waals surface area contributed by atoms with Crippen LogP contribution in [0.3, 0.4) is 0 Å². The van der Waals surface area contributed by atoms with E-state index in [2.05, 4.69) is 23.9 Å². The van der Waals surface area contributed by atoms with Gasteiger partial charge in [0.2, 0.25) is 0 Å². The van der Waals surface area contributed by atoms with Gasteiger partial charge in [0.15, 0.2) is 0 Å². The molecule has 104 valence electrons. The van der Waals surface area contributed by atoms with Crippen molar-refractivity contribution in [1.82, 2.24) is 4.90 Å². The molecule has 0 amide bonds. The summed E-state index contributed by atoms with van der Waals surface area (Å²) in [6.45, 7) is 2.07. The van der Waals surface area contributed by atoms with E-state index in [9.17, 15) is 0 Å². The molecular weight excluding hydrogens is 260 g/mol. The van der Waals surface area contributed by atoms with Gasteiger partial charge in [-0.1, -0.05) is 11.6 Å². The molecule has 1 unspecified atom stereocenters. The molecule has 0 aromatic heterocycles. The normalized spacial score (nSPS) is 19.8. The van der Waals surface area contributed by atoms with E-state index in [1.54, 1.807) is 0 Å². The minimum atomic E-state index is 0.0152. The SMILES string of the molecule is CN(C)C1CCCN(c2ccc(C(=N)N)c(Cl)c2)C1.